The Hall–Kier alpha value is -3.27. The molecule has 0 spiro atoms. The van der Waals surface area contributed by atoms with E-state index >= 15 is 0 Å². The molecule has 0 saturated carbocycles. The number of aryl methyl sites for hydroxylation is 2. The molecule has 4 nitrogen and oxygen atoms in total. The summed E-state index contributed by atoms with van der Waals surface area (Å²) in [4.78, 5) is 21.7. The first-order valence-corrected chi connectivity index (χ1v) is 9.95. The number of anilines is 1. The minimum absolute atomic E-state index is 0.122. The lowest BCUT2D eigenvalue weighted by atomic mass is 9.96. The smallest absolute Gasteiger partial charge is 0.255 e. The van der Waals surface area contributed by atoms with Crippen LogP contribution in [0.3, 0.4) is 0 Å². The van der Waals surface area contributed by atoms with Crippen molar-refractivity contribution in [2.24, 2.45) is 10.9 Å². The van der Waals surface area contributed by atoms with Crippen LogP contribution in [0.15, 0.2) is 72.0 Å². The maximum atomic E-state index is 12.6. The van der Waals surface area contributed by atoms with Crippen molar-refractivity contribution in [1.29, 1.82) is 0 Å². The number of aliphatic imine (C=N–C) groups is 1. The third-order valence-electron chi connectivity index (χ3n) is 5.06. The van der Waals surface area contributed by atoms with Gasteiger partial charge in [-0.3, -0.25) is 14.8 Å². The van der Waals surface area contributed by atoms with Crippen LogP contribution < -0.4 is 5.32 Å². The molecule has 0 aliphatic heterocycles. The largest absolute Gasteiger partial charge is 0.322 e. The second kappa shape index (κ2) is 9.28. The highest BCUT2D eigenvalue weighted by Crippen LogP contribution is 2.24. The van der Waals surface area contributed by atoms with E-state index < -0.39 is 0 Å². The molecule has 3 rings (SSSR count). The molecule has 0 aliphatic carbocycles. The summed E-state index contributed by atoms with van der Waals surface area (Å²) in [6.07, 6.45) is 4.58. The van der Waals surface area contributed by atoms with Gasteiger partial charge in [0.2, 0.25) is 0 Å². The van der Waals surface area contributed by atoms with Crippen LogP contribution in [0.5, 0.6) is 0 Å². The number of nitrogens with one attached hydrogen (secondary N) is 1. The molecule has 1 aromatic heterocycles. The van der Waals surface area contributed by atoms with Crippen LogP contribution in [0, 0.1) is 19.8 Å². The molecule has 1 N–H and O–H groups in total. The molecule has 0 radical (unpaired) electrons. The molecule has 29 heavy (non-hydrogen) atoms. The molecule has 0 saturated heterocycles. The van der Waals surface area contributed by atoms with E-state index in [1.165, 1.54) is 0 Å². The Morgan fingerprint density at radius 3 is 2.31 bits per heavy atom. The van der Waals surface area contributed by atoms with E-state index in [2.05, 4.69) is 24.1 Å². The fraction of sp³-hybridized carbons (Fsp3) is 0.240. The van der Waals surface area contributed by atoms with Crippen LogP contribution in [0.2, 0.25) is 0 Å². The normalized spacial score (nSPS) is 12.5. The Morgan fingerprint density at radius 1 is 1.00 bits per heavy atom. The van der Waals surface area contributed by atoms with E-state index in [0.29, 0.717) is 11.5 Å². The Labute approximate surface area is 172 Å². The van der Waals surface area contributed by atoms with Crippen molar-refractivity contribution in [3.8, 4) is 0 Å². The van der Waals surface area contributed by atoms with Crippen LogP contribution in [0.1, 0.15) is 47.3 Å². The standard InChI is InChI=1S/C25H27N3O/c1-5-18(3)24(20-12-14-26-15-13-20)28-23-11-8-21(16-19(23)4)25(29)27-22-9-6-17(2)7-10-22/h6-16,18H,5H2,1-4H3,(H,27,29). The summed E-state index contributed by atoms with van der Waals surface area (Å²) in [6.45, 7) is 8.35. The zero-order valence-electron chi connectivity index (χ0n) is 17.4. The average molecular weight is 386 g/mol. The third-order valence-corrected chi connectivity index (χ3v) is 5.06. The molecule has 3 aromatic rings. The van der Waals surface area contributed by atoms with Crippen molar-refractivity contribution in [3.63, 3.8) is 0 Å². The maximum Gasteiger partial charge on any atom is 0.255 e. The minimum atomic E-state index is -0.122. The highest BCUT2D eigenvalue weighted by Gasteiger charge is 2.13. The quantitative estimate of drug-likeness (QED) is 0.520. The fourth-order valence-corrected chi connectivity index (χ4v) is 3.07. The van der Waals surface area contributed by atoms with Crippen LogP contribution in [0.4, 0.5) is 11.4 Å². The number of rotatable bonds is 6. The summed E-state index contributed by atoms with van der Waals surface area (Å²) in [6, 6.07) is 17.4. The predicted octanol–water partition coefficient (Wildman–Crippen LogP) is 6.12. The molecule has 0 fully saturated rings. The molecular weight excluding hydrogens is 358 g/mol. The molecule has 1 atom stereocenters. The van der Waals surface area contributed by atoms with Gasteiger partial charge in [-0.25, -0.2) is 0 Å². The van der Waals surface area contributed by atoms with Crippen molar-refractivity contribution in [1.82, 2.24) is 4.98 Å². The topological polar surface area (TPSA) is 54.4 Å². The molecule has 1 amide bonds. The highest BCUT2D eigenvalue weighted by atomic mass is 16.1. The van der Waals surface area contributed by atoms with Crippen molar-refractivity contribution in [2.75, 3.05) is 5.32 Å². The molecule has 1 heterocycles. The number of nitrogens with zero attached hydrogens (tertiary/aromatic N) is 2. The molecule has 0 bridgehead atoms. The second-order valence-electron chi connectivity index (χ2n) is 7.36. The Bertz CT molecular complexity index is 1010. The number of carbonyl (C=O) groups excluding carboxylic acids is 1. The van der Waals surface area contributed by atoms with E-state index in [1.807, 2.05) is 68.4 Å². The summed E-state index contributed by atoms with van der Waals surface area (Å²) in [5.41, 5.74) is 6.53. The average Bonchev–Trinajstić information content (AvgIpc) is 2.74. The molecule has 2 aromatic carbocycles. The molecule has 0 aliphatic rings. The predicted molar refractivity (Wildman–Crippen MR) is 120 cm³/mol. The summed E-state index contributed by atoms with van der Waals surface area (Å²) < 4.78 is 0. The van der Waals surface area contributed by atoms with Gasteiger partial charge in [0.25, 0.3) is 5.91 Å². The summed E-state index contributed by atoms with van der Waals surface area (Å²) in [5.74, 6) is 0.199. The van der Waals surface area contributed by atoms with Gasteiger partial charge in [0.05, 0.1) is 11.4 Å². The fourth-order valence-electron chi connectivity index (χ4n) is 3.07. The van der Waals surface area contributed by atoms with E-state index in [-0.39, 0.29) is 5.91 Å². The van der Waals surface area contributed by atoms with Gasteiger partial charge < -0.3 is 5.32 Å². The van der Waals surface area contributed by atoms with Gasteiger partial charge in [-0.1, -0.05) is 31.5 Å². The van der Waals surface area contributed by atoms with Gasteiger partial charge in [0, 0.05) is 23.6 Å². The number of carbonyl (C=O) groups is 1. The monoisotopic (exact) mass is 385 g/mol. The second-order valence-corrected chi connectivity index (χ2v) is 7.36. The maximum absolute atomic E-state index is 12.6. The van der Waals surface area contributed by atoms with Gasteiger partial charge in [-0.05, 0) is 79.8 Å². The lowest BCUT2D eigenvalue weighted by Gasteiger charge is -2.14. The van der Waals surface area contributed by atoms with Gasteiger partial charge >= 0.3 is 0 Å². The molecular formula is C25H27N3O. The van der Waals surface area contributed by atoms with E-state index in [1.54, 1.807) is 12.4 Å². The van der Waals surface area contributed by atoms with Crippen LogP contribution in [-0.4, -0.2) is 16.6 Å². The van der Waals surface area contributed by atoms with Crippen molar-refractivity contribution in [2.45, 2.75) is 34.1 Å². The first kappa shape index (κ1) is 20.5. The lowest BCUT2D eigenvalue weighted by molar-refractivity contribution is 0.102. The number of benzene rings is 2. The number of hydrogen-bond donors (Lipinski definition) is 1. The van der Waals surface area contributed by atoms with E-state index in [0.717, 1.165) is 40.2 Å². The van der Waals surface area contributed by atoms with Crippen molar-refractivity contribution in [3.05, 3.63) is 89.2 Å². The van der Waals surface area contributed by atoms with Crippen LogP contribution >= 0.6 is 0 Å². The number of aromatic nitrogens is 1. The van der Waals surface area contributed by atoms with Crippen molar-refractivity contribution >= 4 is 23.0 Å². The zero-order chi connectivity index (χ0) is 20.8. The SMILES string of the molecule is CCC(C)C(=Nc1ccc(C(=O)Nc2ccc(C)cc2)cc1C)c1ccncc1. The van der Waals surface area contributed by atoms with Gasteiger partial charge in [0.15, 0.2) is 0 Å². The van der Waals surface area contributed by atoms with Gasteiger partial charge in [-0.2, -0.15) is 0 Å². The number of pyridine rings is 1. The van der Waals surface area contributed by atoms with Crippen LogP contribution in [-0.2, 0) is 0 Å². The summed E-state index contributed by atoms with van der Waals surface area (Å²) >= 11 is 0. The Balaban J connectivity index is 1.86. The third kappa shape index (κ3) is 5.17. The summed E-state index contributed by atoms with van der Waals surface area (Å²) in [7, 11) is 0. The lowest BCUT2D eigenvalue weighted by Crippen LogP contribution is -2.13. The minimum Gasteiger partial charge on any atom is -0.322 e. The highest BCUT2D eigenvalue weighted by molar-refractivity contribution is 6.05. The first-order chi connectivity index (χ1) is 14.0. The van der Waals surface area contributed by atoms with Crippen LogP contribution in [0.25, 0.3) is 0 Å². The van der Waals surface area contributed by atoms with Crippen molar-refractivity contribution < 1.29 is 4.79 Å². The summed E-state index contributed by atoms with van der Waals surface area (Å²) in [5, 5.41) is 2.94. The molecule has 148 valence electrons. The van der Waals surface area contributed by atoms with Gasteiger partial charge in [0.1, 0.15) is 0 Å². The zero-order valence-corrected chi connectivity index (χ0v) is 17.4. The molecule has 1 unspecified atom stereocenters. The Kier molecular flexibility index (Phi) is 6.55. The first-order valence-electron chi connectivity index (χ1n) is 9.95. The van der Waals surface area contributed by atoms with E-state index in [4.69, 9.17) is 4.99 Å². The number of amides is 1. The van der Waals surface area contributed by atoms with E-state index in [9.17, 15) is 4.79 Å². The Morgan fingerprint density at radius 2 is 1.69 bits per heavy atom. The molecule has 4 heteroatoms. The number of hydrogen-bond acceptors (Lipinski definition) is 3. The van der Waals surface area contributed by atoms with Gasteiger partial charge in [-0.15, -0.1) is 0 Å².